The van der Waals surface area contributed by atoms with Gasteiger partial charge in [-0.25, -0.2) is 0 Å². The third-order valence-corrected chi connectivity index (χ3v) is 5.88. The number of fused-ring (bicyclic) bond motifs is 3. The molecule has 1 aromatic heterocycles. The van der Waals surface area contributed by atoms with E-state index in [0.29, 0.717) is 0 Å². The summed E-state index contributed by atoms with van der Waals surface area (Å²) in [7, 11) is 2.17. The number of thiophene rings is 1. The van der Waals surface area contributed by atoms with Crippen LogP contribution < -0.4 is 15.5 Å². The SMILES string of the molecule is C[NH+]1CCc2c(sc3c2C(=O)N[C@@H](/C=C\c2cccc([N+](=O)[O-])c2)N3)C1. The van der Waals surface area contributed by atoms with Crippen LogP contribution in [-0.4, -0.2) is 30.6 Å². The fraction of sp³-hybridized carbons (Fsp3) is 0.278. The van der Waals surface area contributed by atoms with Gasteiger partial charge in [0.2, 0.25) is 0 Å². The Labute approximate surface area is 154 Å². The number of nitrogens with zero attached hydrogens (tertiary/aromatic N) is 1. The van der Waals surface area contributed by atoms with Crippen LogP contribution in [0.4, 0.5) is 10.7 Å². The number of quaternary nitrogens is 1. The van der Waals surface area contributed by atoms with E-state index in [1.165, 1.54) is 27.5 Å². The molecule has 134 valence electrons. The first-order chi connectivity index (χ1) is 12.5. The van der Waals surface area contributed by atoms with Gasteiger partial charge in [0.25, 0.3) is 11.6 Å². The summed E-state index contributed by atoms with van der Waals surface area (Å²) in [5, 5.41) is 18.1. The first kappa shape index (κ1) is 16.7. The van der Waals surface area contributed by atoms with Crippen molar-refractivity contribution in [2.75, 3.05) is 18.9 Å². The summed E-state index contributed by atoms with van der Waals surface area (Å²) in [6.07, 6.45) is 4.19. The number of rotatable bonds is 3. The number of carbonyl (C=O) groups is 1. The minimum Gasteiger partial charge on any atom is -0.353 e. The number of nitro groups is 1. The quantitative estimate of drug-likeness (QED) is 0.562. The number of nitro benzene ring substituents is 1. The summed E-state index contributed by atoms with van der Waals surface area (Å²) in [5.74, 6) is -0.0514. The fourth-order valence-electron chi connectivity index (χ4n) is 3.40. The molecule has 7 nitrogen and oxygen atoms in total. The molecule has 2 aliphatic rings. The van der Waals surface area contributed by atoms with E-state index in [0.717, 1.165) is 35.6 Å². The Bertz CT molecular complexity index is 921. The molecule has 0 saturated heterocycles. The molecule has 8 heteroatoms. The molecule has 26 heavy (non-hydrogen) atoms. The minimum atomic E-state index is -0.417. The minimum absolute atomic E-state index is 0.0487. The molecular weight excluding hydrogens is 352 g/mol. The van der Waals surface area contributed by atoms with Gasteiger partial charge in [0.1, 0.15) is 17.7 Å². The van der Waals surface area contributed by atoms with E-state index in [-0.39, 0.29) is 17.8 Å². The van der Waals surface area contributed by atoms with Crippen LogP contribution in [0, 0.1) is 10.1 Å². The van der Waals surface area contributed by atoms with Gasteiger partial charge >= 0.3 is 0 Å². The molecule has 2 atom stereocenters. The molecule has 3 N–H and O–H groups in total. The van der Waals surface area contributed by atoms with Crippen LogP contribution in [0.3, 0.4) is 0 Å². The summed E-state index contributed by atoms with van der Waals surface area (Å²) in [6, 6.07) is 6.41. The van der Waals surface area contributed by atoms with Crippen LogP contribution in [0.5, 0.6) is 0 Å². The van der Waals surface area contributed by atoms with Gasteiger partial charge in [0.05, 0.1) is 29.0 Å². The highest BCUT2D eigenvalue weighted by molar-refractivity contribution is 7.16. The second-order valence-electron chi connectivity index (χ2n) is 6.65. The zero-order chi connectivity index (χ0) is 18.3. The van der Waals surface area contributed by atoms with Gasteiger partial charge in [-0.05, 0) is 17.2 Å². The highest BCUT2D eigenvalue weighted by Crippen LogP contribution is 2.36. The first-order valence-corrected chi connectivity index (χ1v) is 9.29. The van der Waals surface area contributed by atoms with E-state index in [9.17, 15) is 14.9 Å². The molecular formula is C18H19N4O3S+. The molecule has 0 spiro atoms. The molecule has 3 heterocycles. The van der Waals surface area contributed by atoms with Crippen molar-refractivity contribution in [3.05, 3.63) is 62.0 Å². The molecule has 0 saturated carbocycles. The number of carbonyl (C=O) groups excluding carboxylic acids is 1. The Balaban J connectivity index is 1.55. The third-order valence-electron chi connectivity index (χ3n) is 4.72. The van der Waals surface area contributed by atoms with Crippen LogP contribution in [0.15, 0.2) is 30.3 Å². The summed E-state index contributed by atoms with van der Waals surface area (Å²) in [5.41, 5.74) is 2.74. The molecule has 0 radical (unpaired) electrons. The molecule has 0 bridgehead atoms. The molecule has 0 fully saturated rings. The maximum Gasteiger partial charge on any atom is 0.270 e. The van der Waals surface area contributed by atoms with E-state index < -0.39 is 4.92 Å². The predicted molar refractivity (Wildman–Crippen MR) is 100 cm³/mol. The summed E-state index contributed by atoms with van der Waals surface area (Å²) >= 11 is 1.66. The van der Waals surface area contributed by atoms with Crippen molar-refractivity contribution in [1.29, 1.82) is 0 Å². The lowest BCUT2D eigenvalue weighted by atomic mass is 10.0. The van der Waals surface area contributed by atoms with Gasteiger partial charge in [0, 0.05) is 18.6 Å². The number of likely N-dealkylation sites (N-methyl/N-ethyl adjacent to an activating group) is 1. The lowest BCUT2D eigenvalue weighted by molar-refractivity contribution is -0.895. The zero-order valence-electron chi connectivity index (χ0n) is 14.2. The molecule has 0 aliphatic carbocycles. The Morgan fingerprint density at radius 2 is 2.23 bits per heavy atom. The molecule has 1 aromatic carbocycles. The van der Waals surface area contributed by atoms with Crippen LogP contribution in [-0.2, 0) is 13.0 Å². The van der Waals surface area contributed by atoms with E-state index in [4.69, 9.17) is 0 Å². The van der Waals surface area contributed by atoms with Crippen molar-refractivity contribution >= 4 is 34.0 Å². The average Bonchev–Trinajstić information content (AvgIpc) is 2.97. The molecule has 2 aromatic rings. The first-order valence-electron chi connectivity index (χ1n) is 8.47. The standard InChI is InChI=1S/C18H18N4O3S/c1-21-8-7-13-14(10-21)26-18-16(13)17(23)19-15(20-18)6-5-11-3-2-4-12(9-11)22(24)25/h2-6,9,15,20H,7-8,10H2,1H3,(H,19,23)/p+1/b6-5-/t15-/m1/s1. The monoisotopic (exact) mass is 371 g/mol. The highest BCUT2D eigenvalue weighted by atomic mass is 32.1. The number of amides is 1. The van der Waals surface area contributed by atoms with Gasteiger partial charge in [0.15, 0.2) is 0 Å². The Kier molecular flexibility index (Phi) is 4.21. The average molecular weight is 371 g/mol. The van der Waals surface area contributed by atoms with E-state index in [1.807, 2.05) is 6.08 Å². The van der Waals surface area contributed by atoms with Gasteiger partial charge < -0.3 is 15.5 Å². The van der Waals surface area contributed by atoms with Crippen LogP contribution in [0.2, 0.25) is 0 Å². The second kappa shape index (κ2) is 6.54. The van der Waals surface area contributed by atoms with Crippen LogP contribution in [0.25, 0.3) is 6.08 Å². The van der Waals surface area contributed by atoms with E-state index in [2.05, 4.69) is 17.7 Å². The lowest BCUT2D eigenvalue weighted by Gasteiger charge is -2.24. The number of benzene rings is 1. The van der Waals surface area contributed by atoms with Crippen molar-refractivity contribution in [2.24, 2.45) is 0 Å². The number of non-ortho nitro benzene ring substituents is 1. The second-order valence-corrected chi connectivity index (χ2v) is 7.75. The van der Waals surface area contributed by atoms with Gasteiger partial charge in [-0.3, -0.25) is 14.9 Å². The maximum absolute atomic E-state index is 12.6. The molecule has 1 amide bonds. The lowest BCUT2D eigenvalue weighted by Crippen LogP contribution is -3.08. The summed E-state index contributed by atoms with van der Waals surface area (Å²) < 4.78 is 0. The van der Waals surface area contributed by atoms with Crippen molar-refractivity contribution in [1.82, 2.24) is 5.32 Å². The molecule has 1 unspecified atom stereocenters. The smallest absolute Gasteiger partial charge is 0.270 e. The Morgan fingerprint density at radius 1 is 1.38 bits per heavy atom. The van der Waals surface area contributed by atoms with Crippen molar-refractivity contribution < 1.29 is 14.6 Å². The third kappa shape index (κ3) is 3.09. The maximum atomic E-state index is 12.6. The summed E-state index contributed by atoms with van der Waals surface area (Å²) in [6.45, 7) is 2.00. The fourth-order valence-corrected chi connectivity index (χ4v) is 4.79. The number of hydrogen-bond acceptors (Lipinski definition) is 5. The summed E-state index contributed by atoms with van der Waals surface area (Å²) in [4.78, 5) is 25.8. The van der Waals surface area contributed by atoms with Crippen molar-refractivity contribution in [3.8, 4) is 0 Å². The van der Waals surface area contributed by atoms with Crippen molar-refractivity contribution in [2.45, 2.75) is 19.1 Å². The van der Waals surface area contributed by atoms with Gasteiger partial charge in [-0.2, -0.15) is 0 Å². The topological polar surface area (TPSA) is 88.7 Å². The van der Waals surface area contributed by atoms with Gasteiger partial charge in [-0.15, -0.1) is 11.3 Å². The Hall–Kier alpha value is -2.71. The number of nitrogens with one attached hydrogen (secondary N) is 3. The van der Waals surface area contributed by atoms with Crippen LogP contribution >= 0.6 is 11.3 Å². The van der Waals surface area contributed by atoms with Gasteiger partial charge in [-0.1, -0.05) is 18.2 Å². The molecule has 2 aliphatic heterocycles. The number of hydrogen-bond donors (Lipinski definition) is 3. The largest absolute Gasteiger partial charge is 0.353 e. The highest BCUT2D eigenvalue weighted by Gasteiger charge is 2.32. The zero-order valence-corrected chi connectivity index (χ0v) is 15.1. The van der Waals surface area contributed by atoms with Crippen molar-refractivity contribution in [3.63, 3.8) is 0 Å². The molecule has 4 rings (SSSR count). The van der Waals surface area contributed by atoms with Crippen LogP contribution in [0.1, 0.15) is 26.4 Å². The van der Waals surface area contributed by atoms with E-state index in [1.54, 1.807) is 29.5 Å². The predicted octanol–water partition coefficient (Wildman–Crippen LogP) is 1.42. The normalized spacial score (nSPS) is 21.7. The number of anilines is 1. The van der Waals surface area contributed by atoms with E-state index >= 15 is 0 Å². The Morgan fingerprint density at radius 3 is 3.04 bits per heavy atom.